The van der Waals surface area contributed by atoms with Crippen molar-refractivity contribution in [3.05, 3.63) is 34.4 Å². The average molecular weight is 302 g/mol. The lowest BCUT2D eigenvalue weighted by molar-refractivity contribution is -0.385. The highest BCUT2D eigenvalue weighted by molar-refractivity contribution is 7.89. The van der Waals surface area contributed by atoms with E-state index in [1.807, 2.05) is 6.92 Å². The van der Waals surface area contributed by atoms with Gasteiger partial charge in [0.15, 0.2) is 5.75 Å². The van der Waals surface area contributed by atoms with Gasteiger partial charge in [-0.2, -0.15) is 0 Å². The fraction of sp³-hybridized carbons (Fsp3) is 0.500. The fourth-order valence-electron chi connectivity index (χ4n) is 1.61. The number of sulfonamides is 1. The van der Waals surface area contributed by atoms with Crippen LogP contribution in [-0.4, -0.2) is 25.7 Å². The molecule has 20 heavy (non-hydrogen) atoms. The quantitative estimate of drug-likeness (QED) is 0.580. The fourth-order valence-corrected chi connectivity index (χ4v) is 2.34. The van der Waals surface area contributed by atoms with E-state index in [9.17, 15) is 18.5 Å². The van der Waals surface area contributed by atoms with Crippen LogP contribution in [0.5, 0.6) is 5.75 Å². The number of nitro groups is 1. The molecule has 1 aromatic rings. The first-order valence-electron chi connectivity index (χ1n) is 6.16. The smallest absolute Gasteiger partial charge is 0.310 e. The Morgan fingerprint density at radius 2 is 2.00 bits per heavy atom. The Kier molecular flexibility index (Phi) is 5.90. The molecular formula is C12H18N2O5S. The maximum Gasteiger partial charge on any atom is 0.310 e. The Morgan fingerprint density at radius 3 is 2.60 bits per heavy atom. The van der Waals surface area contributed by atoms with Crippen LogP contribution in [0, 0.1) is 16.0 Å². The number of rotatable bonds is 8. The van der Waals surface area contributed by atoms with E-state index in [0.29, 0.717) is 12.8 Å². The second-order valence-corrected chi connectivity index (χ2v) is 6.36. The van der Waals surface area contributed by atoms with E-state index in [2.05, 4.69) is 0 Å². The number of benzene rings is 1. The summed E-state index contributed by atoms with van der Waals surface area (Å²) in [7, 11) is -3.44. The van der Waals surface area contributed by atoms with Crippen LogP contribution < -0.4 is 9.88 Å². The van der Waals surface area contributed by atoms with E-state index in [4.69, 9.17) is 9.88 Å². The number of hydrogen-bond acceptors (Lipinski definition) is 5. The van der Waals surface area contributed by atoms with Crippen LogP contribution in [0.2, 0.25) is 0 Å². The lowest BCUT2D eigenvalue weighted by Crippen LogP contribution is -2.18. The Labute approximate surface area is 117 Å². The first kappa shape index (κ1) is 16.4. The molecule has 1 atom stereocenters. The summed E-state index contributed by atoms with van der Waals surface area (Å²) in [6.45, 7) is 2.17. The van der Waals surface area contributed by atoms with E-state index < -0.39 is 14.9 Å². The topological polar surface area (TPSA) is 113 Å². The molecule has 0 aliphatic heterocycles. The molecule has 0 radical (unpaired) electrons. The predicted octanol–water partition coefficient (Wildman–Crippen LogP) is 1.68. The van der Waals surface area contributed by atoms with Crippen LogP contribution in [-0.2, 0) is 10.0 Å². The van der Waals surface area contributed by atoms with Crippen molar-refractivity contribution in [3.63, 3.8) is 0 Å². The first-order valence-corrected chi connectivity index (χ1v) is 7.88. The molecule has 1 rings (SSSR count). The van der Waals surface area contributed by atoms with Crippen molar-refractivity contribution < 1.29 is 18.1 Å². The van der Waals surface area contributed by atoms with Crippen LogP contribution in [0.25, 0.3) is 0 Å². The third-order valence-corrected chi connectivity index (χ3v) is 3.63. The van der Waals surface area contributed by atoms with Crippen molar-refractivity contribution in [1.29, 1.82) is 0 Å². The van der Waals surface area contributed by atoms with Gasteiger partial charge in [0, 0.05) is 6.07 Å². The summed E-state index contributed by atoms with van der Waals surface area (Å²) < 4.78 is 27.0. The van der Waals surface area contributed by atoms with Gasteiger partial charge in [-0.25, -0.2) is 13.6 Å². The molecule has 0 saturated carbocycles. The first-order chi connectivity index (χ1) is 9.29. The molecule has 112 valence electrons. The molecule has 2 N–H and O–H groups in total. The predicted molar refractivity (Wildman–Crippen MR) is 75.0 cm³/mol. The summed E-state index contributed by atoms with van der Waals surface area (Å²) in [4.78, 5) is 10.3. The largest absolute Gasteiger partial charge is 0.487 e. The highest BCUT2D eigenvalue weighted by Crippen LogP contribution is 2.26. The van der Waals surface area contributed by atoms with Gasteiger partial charge in [0.25, 0.3) is 0 Å². The van der Waals surface area contributed by atoms with Gasteiger partial charge in [0.1, 0.15) is 0 Å². The molecule has 0 amide bonds. The van der Waals surface area contributed by atoms with E-state index in [1.54, 1.807) is 12.1 Å². The molecule has 0 aliphatic rings. The van der Waals surface area contributed by atoms with E-state index in [-0.39, 0.29) is 29.7 Å². The Balaban J connectivity index is 2.43. The standard InChI is InChI=1S/C12H18N2O5S/c1-10(7-9-20(13,17)18)6-8-19-12-5-3-2-4-11(12)14(15)16/h2-5,10H,6-9H2,1H3,(H2,13,17,18). The van der Waals surface area contributed by atoms with Gasteiger partial charge in [-0.3, -0.25) is 10.1 Å². The lowest BCUT2D eigenvalue weighted by atomic mass is 10.1. The molecular weight excluding hydrogens is 284 g/mol. The van der Waals surface area contributed by atoms with Crippen molar-refractivity contribution in [2.24, 2.45) is 11.1 Å². The minimum absolute atomic E-state index is 0.0698. The normalized spacial score (nSPS) is 12.9. The van der Waals surface area contributed by atoms with Gasteiger partial charge in [0.05, 0.1) is 17.3 Å². The number of nitro benzene ring substituents is 1. The zero-order valence-corrected chi connectivity index (χ0v) is 12.0. The molecule has 1 unspecified atom stereocenters. The Morgan fingerprint density at radius 1 is 1.35 bits per heavy atom. The van der Waals surface area contributed by atoms with Crippen molar-refractivity contribution in [3.8, 4) is 5.75 Å². The summed E-state index contributed by atoms with van der Waals surface area (Å²) in [5.41, 5.74) is -0.0790. The van der Waals surface area contributed by atoms with Crippen molar-refractivity contribution in [2.45, 2.75) is 19.8 Å². The molecule has 0 fully saturated rings. The van der Waals surface area contributed by atoms with Crippen molar-refractivity contribution >= 4 is 15.7 Å². The van der Waals surface area contributed by atoms with Crippen LogP contribution in [0.1, 0.15) is 19.8 Å². The molecule has 0 heterocycles. The van der Waals surface area contributed by atoms with Gasteiger partial charge in [-0.15, -0.1) is 0 Å². The molecule has 8 heteroatoms. The molecule has 7 nitrogen and oxygen atoms in total. The van der Waals surface area contributed by atoms with Gasteiger partial charge in [-0.1, -0.05) is 19.1 Å². The minimum atomic E-state index is -3.44. The second kappa shape index (κ2) is 7.20. The number of primary sulfonamides is 1. The van der Waals surface area contributed by atoms with E-state index in [1.165, 1.54) is 12.1 Å². The summed E-state index contributed by atoms with van der Waals surface area (Å²) >= 11 is 0. The molecule has 1 aromatic carbocycles. The minimum Gasteiger partial charge on any atom is -0.487 e. The van der Waals surface area contributed by atoms with Gasteiger partial charge in [-0.05, 0) is 24.8 Å². The number of para-hydroxylation sites is 2. The summed E-state index contributed by atoms with van der Waals surface area (Å²) in [6, 6.07) is 6.14. The van der Waals surface area contributed by atoms with Crippen LogP contribution in [0.15, 0.2) is 24.3 Å². The van der Waals surface area contributed by atoms with E-state index >= 15 is 0 Å². The number of nitrogens with two attached hydrogens (primary N) is 1. The van der Waals surface area contributed by atoms with Gasteiger partial charge < -0.3 is 4.74 Å². The molecule has 0 spiro atoms. The Bertz CT molecular complexity index is 559. The third kappa shape index (κ3) is 5.98. The second-order valence-electron chi connectivity index (χ2n) is 4.62. The van der Waals surface area contributed by atoms with Crippen LogP contribution >= 0.6 is 0 Å². The lowest BCUT2D eigenvalue weighted by Gasteiger charge is -2.11. The molecule has 0 saturated heterocycles. The molecule has 0 bridgehead atoms. The van der Waals surface area contributed by atoms with Crippen LogP contribution in [0.4, 0.5) is 5.69 Å². The average Bonchev–Trinajstić information content (AvgIpc) is 2.36. The number of ether oxygens (including phenoxy) is 1. The third-order valence-electron chi connectivity index (χ3n) is 2.83. The van der Waals surface area contributed by atoms with Crippen molar-refractivity contribution in [2.75, 3.05) is 12.4 Å². The molecule has 0 aliphatic carbocycles. The molecule has 0 aromatic heterocycles. The summed E-state index contributed by atoms with van der Waals surface area (Å²) in [5, 5.41) is 15.7. The highest BCUT2D eigenvalue weighted by atomic mass is 32.2. The number of nitrogens with zero attached hydrogens (tertiary/aromatic N) is 1. The summed E-state index contributed by atoms with van der Waals surface area (Å²) in [5.74, 6) is 0.256. The summed E-state index contributed by atoms with van der Waals surface area (Å²) in [6.07, 6.45) is 1.04. The van der Waals surface area contributed by atoms with E-state index in [0.717, 1.165) is 0 Å². The zero-order chi connectivity index (χ0) is 15.2. The van der Waals surface area contributed by atoms with Crippen LogP contribution in [0.3, 0.4) is 0 Å². The van der Waals surface area contributed by atoms with Crippen molar-refractivity contribution in [1.82, 2.24) is 0 Å². The van der Waals surface area contributed by atoms with Gasteiger partial charge >= 0.3 is 5.69 Å². The highest BCUT2D eigenvalue weighted by Gasteiger charge is 2.14. The van der Waals surface area contributed by atoms with Gasteiger partial charge in [0.2, 0.25) is 10.0 Å². The maximum absolute atomic E-state index is 10.8. The zero-order valence-electron chi connectivity index (χ0n) is 11.2. The maximum atomic E-state index is 10.8. The Hall–Kier alpha value is -1.67. The SMILES string of the molecule is CC(CCOc1ccccc1[N+](=O)[O-])CCS(N)(=O)=O. The monoisotopic (exact) mass is 302 g/mol. The number of hydrogen-bond donors (Lipinski definition) is 1.